The Kier molecular flexibility index (Phi) is 7.39. The summed E-state index contributed by atoms with van der Waals surface area (Å²) in [6.07, 6.45) is 6.72. The quantitative estimate of drug-likeness (QED) is 0.210. The molecule has 1 saturated heterocycles. The van der Waals surface area contributed by atoms with Crippen LogP contribution >= 0.6 is 11.8 Å². The average molecular weight is 562 g/mol. The standard InChI is InChI=1S/C33H31N5O2S/c1-36(2)25-12-14-26(15-13-25)37-19-6-7-27(37)21-31-32(39)38(20-18-23-22-34-30-9-5-4-8-29(23)30)33(41-31)35-24-10-16-28(40-3)17-11-24/h4-17,19,21-22,34H,18,20H2,1-3H3. The first-order valence-electron chi connectivity index (χ1n) is 13.4. The number of fused-ring (bicyclic) bond motifs is 1. The number of hydrogen-bond donors (Lipinski definition) is 1. The molecular formula is C33H31N5O2S. The summed E-state index contributed by atoms with van der Waals surface area (Å²) in [5, 5.41) is 1.84. The van der Waals surface area contributed by atoms with Crippen LogP contribution in [0, 0.1) is 0 Å². The Balaban J connectivity index is 1.31. The third kappa shape index (κ3) is 5.51. The first-order chi connectivity index (χ1) is 20.0. The van der Waals surface area contributed by atoms with Crippen LogP contribution in [0.5, 0.6) is 5.75 Å². The number of carbonyl (C=O) groups is 1. The van der Waals surface area contributed by atoms with Gasteiger partial charge in [-0.2, -0.15) is 0 Å². The number of rotatable bonds is 8. The Labute approximate surface area is 243 Å². The molecule has 0 unspecified atom stereocenters. The van der Waals surface area contributed by atoms with Gasteiger partial charge in [-0.1, -0.05) is 18.2 Å². The summed E-state index contributed by atoms with van der Waals surface area (Å²) in [4.78, 5) is 26.6. The second-order valence-corrected chi connectivity index (χ2v) is 11.0. The number of hydrogen-bond acceptors (Lipinski definition) is 5. The van der Waals surface area contributed by atoms with Crippen LogP contribution in [-0.2, 0) is 11.2 Å². The second-order valence-electron chi connectivity index (χ2n) is 9.98. The summed E-state index contributed by atoms with van der Waals surface area (Å²) in [6, 6.07) is 28.2. The van der Waals surface area contributed by atoms with Gasteiger partial charge >= 0.3 is 0 Å². The maximum absolute atomic E-state index is 13.8. The molecule has 2 aromatic heterocycles. The molecule has 7 nitrogen and oxygen atoms in total. The van der Waals surface area contributed by atoms with Crippen molar-refractivity contribution >= 4 is 51.2 Å². The minimum Gasteiger partial charge on any atom is -0.497 e. The van der Waals surface area contributed by atoms with Crippen LogP contribution in [0.2, 0.25) is 0 Å². The summed E-state index contributed by atoms with van der Waals surface area (Å²) in [7, 11) is 5.69. The van der Waals surface area contributed by atoms with E-state index in [9.17, 15) is 4.79 Å². The lowest BCUT2D eigenvalue weighted by atomic mass is 10.1. The van der Waals surface area contributed by atoms with E-state index in [1.165, 1.54) is 22.7 Å². The van der Waals surface area contributed by atoms with Gasteiger partial charge in [0.15, 0.2) is 5.17 Å². The maximum atomic E-state index is 13.8. The van der Waals surface area contributed by atoms with E-state index >= 15 is 0 Å². The van der Waals surface area contributed by atoms with E-state index in [4.69, 9.17) is 9.73 Å². The minimum absolute atomic E-state index is 0.0437. The molecule has 41 heavy (non-hydrogen) atoms. The van der Waals surface area contributed by atoms with Crippen molar-refractivity contribution in [2.75, 3.05) is 32.6 Å². The van der Waals surface area contributed by atoms with Crippen LogP contribution in [0.4, 0.5) is 11.4 Å². The van der Waals surface area contributed by atoms with E-state index in [-0.39, 0.29) is 5.91 Å². The number of benzene rings is 3. The van der Waals surface area contributed by atoms with E-state index in [0.29, 0.717) is 23.0 Å². The van der Waals surface area contributed by atoms with Crippen LogP contribution in [0.1, 0.15) is 11.3 Å². The highest BCUT2D eigenvalue weighted by Crippen LogP contribution is 2.35. The van der Waals surface area contributed by atoms with Crippen LogP contribution < -0.4 is 9.64 Å². The van der Waals surface area contributed by atoms with Crippen molar-refractivity contribution in [1.29, 1.82) is 0 Å². The van der Waals surface area contributed by atoms with Crippen LogP contribution in [-0.4, -0.2) is 53.3 Å². The number of amides is 1. The Bertz CT molecular complexity index is 1750. The number of thioether (sulfide) groups is 1. The first-order valence-corrected chi connectivity index (χ1v) is 14.3. The number of ether oxygens (including phenoxy) is 1. The first kappa shape index (κ1) is 26.5. The van der Waals surface area contributed by atoms with Crippen molar-refractivity contribution in [3.63, 3.8) is 0 Å². The molecule has 3 heterocycles. The highest BCUT2D eigenvalue weighted by molar-refractivity contribution is 8.18. The molecule has 3 aromatic carbocycles. The highest BCUT2D eigenvalue weighted by Gasteiger charge is 2.33. The predicted octanol–water partition coefficient (Wildman–Crippen LogP) is 6.88. The summed E-state index contributed by atoms with van der Waals surface area (Å²) >= 11 is 1.41. The Morgan fingerprint density at radius 1 is 0.976 bits per heavy atom. The molecule has 0 spiro atoms. The van der Waals surface area contributed by atoms with E-state index in [2.05, 4.69) is 50.8 Å². The zero-order chi connectivity index (χ0) is 28.3. The van der Waals surface area contributed by atoms with Gasteiger partial charge in [-0.3, -0.25) is 9.69 Å². The molecule has 6 rings (SSSR count). The zero-order valence-electron chi connectivity index (χ0n) is 23.2. The predicted molar refractivity (Wildman–Crippen MR) is 169 cm³/mol. The van der Waals surface area contributed by atoms with Gasteiger partial charge in [-0.05, 0) is 96.6 Å². The van der Waals surface area contributed by atoms with Gasteiger partial charge in [0, 0.05) is 61.0 Å². The van der Waals surface area contributed by atoms with Crippen LogP contribution in [0.3, 0.4) is 0 Å². The number of anilines is 1. The Hall–Kier alpha value is -4.69. The maximum Gasteiger partial charge on any atom is 0.266 e. The smallest absolute Gasteiger partial charge is 0.266 e. The topological polar surface area (TPSA) is 65.9 Å². The number of aromatic nitrogens is 2. The largest absolute Gasteiger partial charge is 0.497 e. The van der Waals surface area contributed by atoms with Gasteiger partial charge in [0.2, 0.25) is 0 Å². The molecule has 1 amide bonds. The van der Waals surface area contributed by atoms with Crippen molar-refractivity contribution in [1.82, 2.24) is 14.5 Å². The third-order valence-electron chi connectivity index (χ3n) is 7.17. The van der Waals surface area contributed by atoms with Gasteiger partial charge in [0.1, 0.15) is 5.75 Å². The number of methoxy groups -OCH3 is 1. The Morgan fingerprint density at radius 3 is 2.51 bits per heavy atom. The monoisotopic (exact) mass is 561 g/mol. The molecule has 8 heteroatoms. The van der Waals surface area contributed by atoms with Crippen LogP contribution in [0.25, 0.3) is 22.7 Å². The van der Waals surface area contributed by atoms with Gasteiger partial charge in [-0.15, -0.1) is 0 Å². The molecule has 206 valence electrons. The number of nitrogens with zero attached hydrogens (tertiary/aromatic N) is 4. The molecule has 1 aliphatic heterocycles. The lowest BCUT2D eigenvalue weighted by Crippen LogP contribution is -2.31. The molecule has 5 aromatic rings. The molecular weight excluding hydrogens is 530 g/mol. The van der Waals surface area contributed by atoms with Crippen molar-refractivity contribution < 1.29 is 9.53 Å². The summed E-state index contributed by atoms with van der Waals surface area (Å²) < 4.78 is 7.39. The molecule has 0 radical (unpaired) electrons. The number of carbonyl (C=O) groups excluding carboxylic acids is 1. The number of amidine groups is 1. The third-order valence-corrected chi connectivity index (χ3v) is 8.18. The summed E-state index contributed by atoms with van der Waals surface area (Å²) in [5.74, 6) is 0.720. The van der Waals surface area contributed by atoms with E-state index in [1.807, 2.05) is 81.1 Å². The Morgan fingerprint density at radius 2 is 1.76 bits per heavy atom. The number of para-hydroxylation sites is 1. The van der Waals surface area contributed by atoms with Crippen molar-refractivity contribution in [2.45, 2.75) is 6.42 Å². The van der Waals surface area contributed by atoms with Gasteiger partial charge in [0.25, 0.3) is 5.91 Å². The summed E-state index contributed by atoms with van der Waals surface area (Å²) in [6.45, 7) is 0.521. The number of aliphatic imine (C=N–C) groups is 1. The molecule has 0 bridgehead atoms. The molecule has 1 fully saturated rings. The fraction of sp³-hybridized carbons (Fsp3) is 0.152. The number of H-pyrrole nitrogens is 1. The SMILES string of the molecule is COc1ccc(N=C2SC(=Cc3cccn3-c3ccc(N(C)C)cc3)C(=O)N2CCc2c[nH]c3ccccc23)cc1. The van der Waals surface area contributed by atoms with Gasteiger partial charge in [0.05, 0.1) is 17.7 Å². The van der Waals surface area contributed by atoms with E-state index in [1.54, 1.807) is 12.0 Å². The lowest BCUT2D eigenvalue weighted by molar-refractivity contribution is -0.122. The number of aromatic amines is 1. The van der Waals surface area contributed by atoms with Crippen molar-refractivity contribution in [2.24, 2.45) is 4.99 Å². The van der Waals surface area contributed by atoms with Gasteiger partial charge in [-0.25, -0.2) is 4.99 Å². The van der Waals surface area contributed by atoms with Gasteiger partial charge < -0.3 is 19.2 Å². The molecule has 1 N–H and O–H groups in total. The van der Waals surface area contributed by atoms with E-state index in [0.717, 1.165) is 34.0 Å². The number of nitrogens with one attached hydrogen (secondary N) is 1. The summed E-state index contributed by atoms with van der Waals surface area (Å²) in [5.41, 5.74) is 6.13. The van der Waals surface area contributed by atoms with Crippen molar-refractivity contribution in [3.8, 4) is 11.4 Å². The fourth-order valence-corrected chi connectivity index (χ4v) is 5.93. The normalized spacial score (nSPS) is 15.4. The second kappa shape index (κ2) is 11.4. The van der Waals surface area contributed by atoms with E-state index < -0.39 is 0 Å². The lowest BCUT2D eigenvalue weighted by Gasteiger charge is -2.15. The van der Waals surface area contributed by atoms with Crippen molar-refractivity contribution in [3.05, 3.63) is 113 Å². The fourth-order valence-electron chi connectivity index (χ4n) is 4.92. The average Bonchev–Trinajstić information content (AvgIpc) is 3.71. The molecule has 0 atom stereocenters. The highest BCUT2D eigenvalue weighted by atomic mass is 32.2. The molecule has 0 aliphatic carbocycles. The molecule has 0 saturated carbocycles. The molecule has 1 aliphatic rings. The van der Waals surface area contributed by atoms with Crippen LogP contribution in [0.15, 0.2) is 107 Å². The minimum atomic E-state index is -0.0437. The zero-order valence-corrected chi connectivity index (χ0v) is 24.1.